The Kier molecular flexibility index (Phi) is 2.79. The van der Waals surface area contributed by atoms with Crippen LogP contribution in [0.3, 0.4) is 0 Å². The number of aromatic nitrogens is 5. The van der Waals surface area contributed by atoms with E-state index in [1.807, 2.05) is 27.7 Å². The maximum absolute atomic E-state index is 5.78. The van der Waals surface area contributed by atoms with Gasteiger partial charge >= 0.3 is 0 Å². The second-order valence-electron chi connectivity index (χ2n) is 4.28. The van der Waals surface area contributed by atoms with Crippen LogP contribution in [0.1, 0.15) is 37.2 Å². The molecule has 90 valence electrons. The van der Waals surface area contributed by atoms with Gasteiger partial charge in [-0.2, -0.15) is 4.68 Å². The average molecular weight is 232 g/mol. The highest BCUT2D eigenvalue weighted by Gasteiger charge is 2.11. The van der Waals surface area contributed by atoms with Crippen molar-refractivity contribution in [2.75, 3.05) is 5.73 Å². The van der Waals surface area contributed by atoms with Gasteiger partial charge in [-0.15, -0.1) is 5.10 Å². The fraction of sp³-hybridized carbons (Fsp3) is 0.455. The third-order valence-electron chi connectivity index (χ3n) is 2.36. The van der Waals surface area contributed by atoms with Crippen molar-refractivity contribution in [1.82, 2.24) is 24.7 Å². The Morgan fingerprint density at radius 3 is 2.41 bits per heavy atom. The van der Waals surface area contributed by atoms with Crippen LogP contribution in [0.25, 0.3) is 5.82 Å². The van der Waals surface area contributed by atoms with Gasteiger partial charge in [0.2, 0.25) is 0 Å². The van der Waals surface area contributed by atoms with Gasteiger partial charge in [-0.05, 0) is 13.8 Å². The third-order valence-corrected chi connectivity index (χ3v) is 2.36. The summed E-state index contributed by atoms with van der Waals surface area (Å²) in [6.45, 7) is 7.78. The van der Waals surface area contributed by atoms with Gasteiger partial charge in [0, 0.05) is 12.0 Å². The number of hydrogen-bond acceptors (Lipinski definition) is 5. The van der Waals surface area contributed by atoms with Crippen molar-refractivity contribution < 1.29 is 0 Å². The summed E-state index contributed by atoms with van der Waals surface area (Å²) < 4.78 is 1.68. The van der Waals surface area contributed by atoms with Crippen molar-refractivity contribution >= 4 is 5.82 Å². The van der Waals surface area contributed by atoms with E-state index in [9.17, 15) is 0 Å². The molecular formula is C11H16N6. The van der Waals surface area contributed by atoms with E-state index in [0.29, 0.717) is 23.3 Å². The Labute approximate surface area is 99.9 Å². The Hall–Kier alpha value is -1.98. The Morgan fingerprint density at radius 1 is 1.18 bits per heavy atom. The van der Waals surface area contributed by atoms with Crippen molar-refractivity contribution in [1.29, 1.82) is 0 Å². The maximum atomic E-state index is 5.78. The molecule has 2 N–H and O–H groups in total. The second-order valence-corrected chi connectivity index (χ2v) is 4.28. The van der Waals surface area contributed by atoms with Gasteiger partial charge in [0.15, 0.2) is 5.82 Å². The fourth-order valence-electron chi connectivity index (χ4n) is 1.58. The summed E-state index contributed by atoms with van der Waals surface area (Å²) in [6.07, 6.45) is 0. The minimum absolute atomic E-state index is 0.224. The van der Waals surface area contributed by atoms with E-state index in [-0.39, 0.29) is 5.92 Å². The molecule has 6 nitrogen and oxygen atoms in total. The molecule has 0 radical (unpaired) electrons. The van der Waals surface area contributed by atoms with Crippen LogP contribution in [-0.4, -0.2) is 24.7 Å². The number of anilines is 1. The van der Waals surface area contributed by atoms with Gasteiger partial charge in [-0.1, -0.05) is 13.8 Å². The molecule has 0 amide bonds. The first kappa shape index (κ1) is 11.5. The van der Waals surface area contributed by atoms with Crippen molar-refractivity contribution in [3.8, 4) is 5.82 Å². The number of aryl methyl sites for hydroxylation is 2. The average Bonchev–Trinajstić information content (AvgIpc) is 2.57. The minimum atomic E-state index is 0.224. The van der Waals surface area contributed by atoms with Gasteiger partial charge in [0.05, 0.1) is 0 Å². The molecule has 0 aliphatic rings. The Balaban J connectivity index is 2.55. The molecule has 0 aliphatic carbocycles. The maximum Gasteiger partial charge on any atom is 0.161 e. The fourth-order valence-corrected chi connectivity index (χ4v) is 1.58. The molecule has 0 saturated heterocycles. The van der Waals surface area contributed by atoms with Gasteiger partial charge < -0.3 is 5.73 Å². The van der Waals surface area contributed by atoms with Crippen molar-refractivity contribution in [2.45, 2.75) is 33.6 Å². The molecule has 2 heterocycles. The summed E-state index contributed by atoms with van der Waals surface area (Å²) >= 11 is 0. The highest BCUT2D eigenvalue weighted by molar-refractivity contribution is 5.37. The summed E-state index contributed by atoms with van der Waals surface area (Å²) in [7, 11) is 0. The lowest BCUT2D eigenvalue weighted by molar-refractivity contribution is 0.737. The van der Waals surface area contributed by atoms with Crippen LogP contribution in [0.15, 0.2) is 6.07 Å². The first-order chi connectivity index (χ1) is 7.97. The predicted molar refractivity (Wildman–Crippen MR) is 64.9 cm³/mol. The summed E-state index contributed by atoms with van der Waals surface area (Å²) in [5.74, 6) is 3.56. The predicted octanol–water partition coefficient (Wildman–Crippen LogP) is 1.38. The van der Waals surface area contributed by atoms with Gasteiger partial charge in [0.1, 0.15) is 23.3 Å². The molecule has 0 bridgehead atoms. The van der Waals surface area contributed by atoms with Crippen LogP contribution < -0.4 is 5.73 Å². The van der Waals surface area contributed by atoms with Crippen molar-refractivity contribution in [3.05, 3.63) is 23.5 Å². The largest absolute Gasteiger partial charge is 0.384 e. The summed E-state index contributed by atoms with van der Waals surface area (Å²) in [5.41, 5.74) is 5.78. The lowest BCUT2D eigenvalue weighted by atomic mass is 10.2. The number of nitrogens with two attached hydrogens (primary N) is 1. The number of nitrogen functional groups attached to an aromatic ring is 1. The van der Waals surface area contributed by atoms with Crippen LogP contribution in [0.5, 0.6) is 0 Å². The quantitative estimate of drug-likeness (QED) is 0.845. The van der Waals surface area contributed by atoms with E-state index in [4.69, 9.17) is 5.73 Å². The standard InChI is InChI=1S/C11H16N6/c1-6(2)11-14-9(12)5-10(15-11)17-8(4)13-7(3)16-17/h5-6H,1-4H3,(H2,12,14,15). The minimum Gasteiger partial charge on any atom is -0.384 e. The molecule has 0 aliphatic heterocycles. The number of nitrogens with zero attached hydrogens (tertiary/aromatic N) is 5. The van der Waals surface area contributed by atoms with E-state index in [2.05, 4.69) is 20.1 Å². The van der Waals surface area contributed by atoms with Gasteiger partial charge in [-0.25, -0.2) is 15.0 Å². The zero-order chi connectivity index (χ0) is 12.6. The number of hydrogen-bond donors (Lipinski definition) is 1. The lowest BCUT2D eigenvalue weighted by Crippen LogP contribution is -2.09. The van der Waals surface area contributed by atoms with E-state index in [0.717, 1.165) is 5.82 Å². The smallest absolute Gasteiger partial charge is 0.161 e. The molecule has 0 saturated carbocycles. The zero-order valence-corrected chi connectivity index (χ0v) is 10.5. The molecule has 0 atom stereocenters. The summed E-state index contributed by atoms with van der Waals surface area (Å²) in [6, 6.07) is 1.70. The van der Waals surface area contributed by atoms with Crippen LogP contribution in [0.2, 0.25) is 0 Å². The summed E-state index contributed by atoms with van der Waals surface area (Å²) in [5, 5.41) is 4.28. The molecule has 0 fully saturated rings. The normalized spacial score (nSPS) is 11.1. The molecule has 17 heavy (non-hydrogen) atoms. The zero-order valence-electron chi connectivity index (χ0n) is 10.5. The van der Waals surface area contributed by atoms with Crippen molar-refractivity contribution in [3.63, 3.8) is 0 Å². The highest BCUT2D eigenvalue weighted by Crippen LogP contribution is 2.15. The van der Waals surface area contributed by atoms with Crippen LogP contribution in [0.4, 0.5) is 5.82 Å². The van der Waals surface area contributed by atoms with Crippen LogP contribution >= 0.6 is 0 Å². The summed E-state index contributed by atoms with van der Waals surface area (Å²) in [4.78, 5) is 12.9. The van der Waals surface area contributed by atoms with Crippen LogP contribution in [0, 0.1) is 13.8 Å². The van der Waals surface area contributed by atoms with E-state index >= 15 is 0 Å². The lowest BCUT2D eigenvalue weighted by Gasteiger charge is -2.08. The molecular weight excluding hydrogens is 216 g/mol. The van der Waals surface area contributed by atoms with E-state index in [1.54, 1.807) is 10.7 Å². The van der Waals surface area contributed by atoms with E-state index in [1.165, 1.54) is 0 Å². The molecule has 0 unspecified atom stereocenters. The molecule has 2 aromatic rings. The monoisotopic (exact) mass is 232 g/mol. The van der Waals surface area contributed by atoms with Crippen LogP contribution in [-0.2, 0) is 0 Å². The molecule has 2 rings (SSSR count). The molecule has 6 heteroatoms. The van der Waals surface area contributed by atoms with Gasteiger partial charge in [0.25, 0.3) is 0 Å². The molecule has 0 aromatic carbocycles. The topological polar surface area (TPSA) is 82.5 Å². The Morgan fingerprint density at radius 2 is 1.88 bits per heavy atom. The molecule has 2 aromatic heterocycles. The highest BCUT2D eigenvalue weighted by atomic mass is 15.4. The van der Waals surface area contributed by atoms with Gasteiger partial charge in [-0.3, -0.25) is 0 Å². The SMILES string of the molecule is Cc1nc(C)n(-c2cc(N)nc(C(C)C)n2)n1. The first-order valence-corrected chi connectivity index (χ1v) is 5.52. The first-order valence-electron chi connectivity index (χ1n) is 5.52. The third kappa shape index (κ3) is 2.25. The van der Waals surface area contributed by atoms with E-state index < -0.39 is 0 Å². The second kappa shape index (κ2) is 4.12. The van der Waals surface area contributed by atoms with Crippen molar-refractivity contribution in [2.24, 2.45) is 0 Å². The Bertz CT molecular complexity index is 543. The molecule has 0 spiro atoms. The number of rotatable bonds is 2.